The zero-order chi connectivity index (χ0) is 8.10. The SMILES string of the molecule is CCN=C(N)Nc1nncs1. The molecule has 1 aromatic rings. The Morgan fingerprint density at radius 3 is 3.27 bits per heavy atom. The zero-order valence-electron chi connectivity index (χ0n) is 6.11. The van der Waals surface area contributed by atoms with Gasteiger partial charge < -0.3 is 11.1 Å². The lowest BCUT2D eigenvalue weighted by Gasteiger charge is -1.97. The summed E-state index contributed by atoms with van der Waals surface area (Å²) in [6.07, 6.45) is 0. The van der Waals surface area contributed by atoms with Crippen LogP contribution in [0.5, 0.6) is 0 Å². The Bertz CT molecular complexity index is 229. The second-order valence-electron chi connectivity index (χ2n) is 1.73. The van der Waals surface area contributed by atoms with E-state index in [-0.39, 0.29) is 0 Å². The minimum Gasteiger partial charge on any atom is -0.370 e. The molecule has 0 aliphatic rings. The van der Waals surface area contributed by atoms with E-state index in [1.165, 1.54) is 11.3 Å². The lowest BCUT2D eigenvalue weighted by molar-refractivity contribution is 1.09. The first kappa shape index (κ1) is 7.93. The number of anilines is 1. The first-order valence-electron chi connectivity index (χ1n) is 3.16. The molecule has 0 radical (unpaired) electrons. The maximum atomic E-state index is 5.45. The Morgan fingerprint density at radius 1 is 1.91 bits per heavy atom. The maximum absolute atomic E-state index is 5.45. The Morgan fingerprint density at radius 2 is 2.73 bits per heavy atom. The fraction of sp³-hybridized carbons (Fsp3) is 0.400. The van der Waals surface area contributed by atoms with E-state index in [4.69, 9.17) is 5.73 Å². The van der Waals surface area contributed by atoms with Crippen molar-refractivity contribution in [2.75, 3.05) is 11.9 Å². The molecule has 0 unspecified atom stereocenters. The smallest absolute Gasteiger partial charge is 0.212 e. The van der Waals surface area contributed by atoms with Crippen LogP contribution in [0.3, 0.4) is 0 Å². The Balaban J connectivity index is 2.50. The molecule has 6 heteroatoms. The van der Waals surface area contributed by atoms with Crippen molar-refractivity contribution in [3.05, 3.63) is 5.51 Å². The zero-order valence-corrected chi connectivity index (χ0v) is 6.93. The molecule has 0 amide bonds. The molecule has 0 fully saturated rings. The molecule has 5 nitrogen and oxygen atoms in total. The predicted octanol–water partition coefficient (Wildman–Crippen LogP) is 0.285. The summed E-state index contributed by atoms with van der Waals surface area (Å²) in [5, 5.41) is 10.8. The molecule has 0 atom stereocenters. The number of aromatic nitrogens is 2. The lowest BCUT2D eigenvalue weighted by atomic mass is 10.8. The Labute approximate surface area is 68.4 Å². The van der Waals surface area contributed by atoms with Crippen LogP contribution in [0.4, 0.5) is 5.13 Å². The van der Waals surface area contributed by atoms with Gasteiger partial charge in [-0.3, -0.25) is 4.99 Å². The van der Waals surface area contributed by atoms with Crippen LogP contribution in [0.25, 0.3) is 0 Å². The molecule has 0 saturated heterocycles. The number of nitrogens with one attached hydrogen (secondary N) is 1. The van der Waals surface area contributed by atoms with Gasteiger partial charge in [-0.05, 0) is 6.92 Å². The van der Waals surface area contributed by atoms with Gasteiger partial charge in [0.25, 0.3) is 0 Å². The van der Waals surface area contributed by atoms with Crippen molar-refractivity contribution in [2.24, 2.45) is 10.7 Å². The van der Waals surface area contributed by atoms with Crippen molar-refractivity contribution >= 4 is 22.4 Å². The molecule has 1 heterocycles. The highest BCUT2D eigenvalue weighted by Gasteiger charge is 1.95. The maximum Gasteiger partial charge on any atom is 0.212 e. The number of rotatable bonds is 2. The summed E-state index contributed by atoms with van der Waals surface area (Å²) in [6, 6.07) is 0. The highest BCUT2D eigenvalue weighted by atomic mass is 32.1. The number of nitrogens with zero attached hydrogens (tertiary/aromatic N) is 3. The van der Waals surface area contributed by atoms with Crippen molar-refractivity contribution < 1.29 is 0 Å². The third-order valence-electron chi connectivity index (χ3n) is 0.923. The van der Waals surface area contributed by atoms with Gasteiger partial charge in [0.05, 0.1) is 0 Å². The first-order chi connectivity index (χ1) is 5.33. The Hall–Kier alpha value is -1.17. The average Bonchev–Trinajstić information content (AvgIpc) is 2.40. The molecule has 1 aromatic heterocycles. The number of hydrogen-bond acceptors (Lipinski definition) is 4. The van der Waals surface area contributed by atoms with Crippen LogP contribution >= 0.6 is 11.3 Å². The van der Waals surface area contributed by atoms with Gasteiger partial charge in [0.15, 0.2) is 5.96 Å². The number of nitrogens with two attached hydrogens (primary N) is 1. The summed E-state index contributed by atoms with van der Waals surface area (Å²) in [5.74, 6) is 0.379. The number of hydrogen-bond donors (Lipinski definition) is 2. The molecule has 0 bridgehead atoms. The molecular formula is C5H9N5S. The molecule has 1 rings (SSSR count). The molecule has 3 N–H and O–H groups in total. The van der Waals surface area contributed by atoms with E-state index < -0.39 is 0 Å². The van der Waals surface area contributed by atoms with E-state index >= 15 is 0 Å². The highest BCUT2D eigenvalue weighted by Crippen LogP contribution is 2.06. The predicted molar refractivity (Wildman–Crippen MR) is 45.7 cm³/mol. The van der Waals surface area contributed by atoms with Gasteiger partial charge in [0, 0.05) is 6.54 Å². The fourth-order valence-corrected chi connectivity index (χ4v) is 0.999. The van der Waals surface area contributed by atoms with Gasteiger partial charge in [-0.15, -0.1) is 10.2 Å². The molecule has 0 aliphatic carbocycles. The summed E-state index contributed by atoms with van der Waals surface area (Å²) >= 11 is 1.38. The van der Waals surface area contributed by atoms with Gasteiger partial charge in [-0.1, -0.05) is 11.3 Å². The lowest BCUT2D eigenvalue weighted by Crippen LogP contribution is -2.22. The number of guanidine groups is 1. The van der Waals surface area contributed by atoms with Gasteiger partial charge in [-0.2, -0.15) is 0 Å². The van der Waals surface area contributed by atoms with Crippen LogP contribution in [-0.4, -0.2) is 22.7 Å². The van der Waals surface area contributed by atoms with Crippen LogP contribution in [-0.2, 0) is 0 Å². The van der Waals surface area contributed by atoms with E-state index in [9.17, 15) is 0 Å². The third-order valence-corrected chi connectivity index (χ3v) is 1.53. The second kappa shape index (κ2) is 3.87. The van der Waals surface area contributed by atoms with E-state index in [2.05, 4.69) is 20.5 Å². The van der Waals surface area contributed by atoms with Crippen LogP contribution in [0.2, 0.25) is 0 Å². The van der Waals surface area contributed by atoms with Crippen molar-refractivity contribution in [3.8, 4) is 0 Å². The van der Waals surface area contributed by atoms with E-state index in [0.717, 1.165) is 0 Å². The van der Waals surface area contributed by atoms with Crippen molar-refractivity contribution in [1.29, 1.82) is 0 Å². The van der Waals surface area contributed by atoms with Crippen molar-refractivity contribution in [1.82, 2.24) is 10.2 Å². The van der Waals surface area contributed by atoms with Crippen molar-refractivity contribution in [3.63, 3.8) is 0 Å². The standard InChI is InChI=1S/C5H9N5S/c1-2-7-4(6)9-5-10-8-3-11-5/h3H,2H2,1H3,(H3,6,7,9,10). The van der Waals surface area contributed by atoms with Crippen LogP contribution in [0.1, 0.15) is 6.92 Å². The number of aliphatic imine (C=N–C) groups is 1. The van der Waals surface area contributed by atoms with Crippen LogP contribution in [0, 0.1) is 0 Å². The first-order valence-corrected chi connectivity index (χ1v) is 4.04. The molecule has 60 valence electrons. The monoisotopic (exact) mass is 171 g/mol. The minimum absolute atomic E-state index is 0.379. The summed E-state index contributed by atoms with van der Waals surface area (Å²) in [5.41, 5.74) is 7.08. The minimum atomic E-state index is 0.379. The van der Waals surface area contributed by atoms with E-state index in [0.29, 0.717) is 17.6 Å². The molecular weight excluding hydrogens is 162 g/mol. The molecule has 0 aliphatic heterocycles. The summed E-state index contributed by atoms with van der Waals surface area (Å²) in [6.45, 7) is 2.58. The third kappa shape index (κ3) is 2.50. The second-order valence-corrected chi connectivity index (χ2v) is 2.56. The molecule has 0 saturated carbocycles. The van der Waals surface area contributed by atoms with E-state index in [1.807, 2.05) is 6.92 Å². The quantitative estimate of drug-likeness (QED) is 0.495. The summed E-state index contributed by atoms with van der Waals surface area (Å²) in [7, 11) is 0. The Kier molecular flexibility index (Phi) is 2.79. The summed E-state index contributed by atoms with van der Waals surface area (Å²) < 4.78 is 0. The normalized spacial score (nSPS) is 11.5. The summed E-state index contributed by atoms with van der Waals surface area (Å²) in [4.78, 5) is 3.92. The van der Waals surface area contributed by atoms with Gasteiger partial charge in [-0.25, -0.2) is 0 Å². The molecule has 0 aromatic carbocycles. The van der Waals surface area contributed by atoms with Gasteiger partial charge in [0.1, 0.15) is 5.51 Å². The highest BCUT2D eigenvalue weighted by molar-refractivity contribution is 7.13. The van der Waals surface area contributed by atoms with Gasteiger partial charge >= 0.3 is 0 Å². The molecule has 11 heavy (non-hydrogen) atoms. The fourth-order valence-electron chi connectivity index (χ4n) is 0.547. The average molecular weight is 171 g/mol. The largest absolute Gasteiger partial charge is 0.370 e. The van der Waals surface area contributed by atoms with Crippen LogP contribution in [0.15, 0.2) is 10.5 Å². The van der Waals surface area contributed by atoms with Crippen molar-refractivity contribution in [2.45, 2.75) is 6.92 Å². The molecule has 0 spiro atoms. The topological polar surface area (TPSA) is 76.2 Å². The van der Waals surface area contributed by atoms with Gasteiger partial charge in [0.2, 0.25) is 5.13 Å². The van der Waals surface area contributed by atoms with Crippen LogP contribution < -0.4 is 11.1 Å². The van der Waals surface area contributed by atoms with E-state index in [1.54, 1.807) is 5.51 Å².